The van der Waals surface area contributed by atoms with Gasteiger partial charge in [-0.15, -0.1) is 0 Å². The molecule has 5 rings (SSSR count). The van der Waals surface area contributed by atoms with Gasteiger partial charge in [0.15, 0.2) is 6.61 Å². The Morgan fingerprint density at radius 1 is 1.21 bits per heavy atom. The number of hydrogen-bond acceptors (Lipinski definition) is 6. The van der Waals surface area contributed by atoms with Crippen molar-refractivity contribution in [1.29, 1.82) is 0 Å². The molecule has 3 aliphatic rings. The van der Waals surface area contributed by atoms with Crippen molar-refractivity contribution in [2.75, 3.05) is 26.2 Å². The van der Waals surface area contributed by atoms with Crippen LogP contribution in [0.5, 0.6) is 11.5 Å². The number of amides is 1. The van der Waals surface area contributed by atoms with Crippen LogP contribution in [0.15, 0.2) is 21.3 Å². The van der Waals surface area contributed by atoms with E-state index in [0.717, 1.165) is 29.4 Å². The van der Waals surface area contributed by atoms with Crippen molar-refractivity contribution < 1.29 is 18.7 Å². The van der Waals surface area contributed by atoms with Gasteiger partial charge in [0.2, 0.25) is 0 Å². The number of aryl methyl sites for hydroxylation is 2. The van der Waals surface area contributed by atoms with Gasteiger partial charge in [0.1, 0.15) is 22.7 Å². The summed E-state index contributed by atoms with van der Waals surface area (Å²) in [4.78, 5) is 27.5. The fourth-order valence-electron chi connectivity index (χ4n) is 5.99. The fourth-order valence-corrected chi connectivity index (χ4v) is 5.99. The van der Waals surface area contributed by atoms with Gasteiger partial charge < -0.3 is 24.1 Å². The molecule has 34 heavy (non-hydrogen) atoms. The number of hydrogen-bond donors (Lipinski definition) is 1. The van der Waals surface area contributed by atoms with Crippen molar-refractivity contribution in [2.45, 2.75) is 77.4 Å². The molecule has 2 atom stereocenters. The van der Waals surface area contributed by atoms with E-state index in [2.05, 4.69) is 10.2 Å². The molecule has 1 aromatic carbocycles. The number of rotatable bonds is 5. The highest BCUT2D eigenvalue weighted by Crippen LogP contribution is 2.42. The number of carbonyl (C=O) groups excluding carboxylic acids is 1. The van der Waals surface area contributed by atoms with E-state index in [4.69, 9.17) is 13.9 Å². The van der Waals surface area contributed by atoms with E-state index in [0.29, 0.717) is 35.6 Å². The van der Waals surface area contributed by atoms with Gasteiger partial charge in [-0.1, -0.05) is 6.42 Å². The van der Waals surface area contributed by atoms with Gasteiger partial charge in [0, 0.05) is 30.3 Å². The first-order chi connectivity index (χ1) is 16.3. The van der Waals surface area contributed by atoms with Crippen LogP contribution in [0.2, 0.25) is 0 Å². The summed E-state index contributed by atoms with van der Waals surface area (Å²) < 4.78 is 17.8. The third-order valence-corrected chi connectivity index (χ3v) is 7.75. The summed E-state index contributed by atoms with van der Waals surface area (Å²) in [6.07, 6.45) is 7.77. The molecule has 3 aliphatic heterocycles. The zero-order valence-electron chi connectivity index (χ0n) is 20.6. The molecule has 0 bridgehead atoms. The van der Waals surface area contributed by atoms with E-state index >= 15 is 0 Å². The zero-order valence-corrected chi connectivity index (χ0v) is 20.6. The Labute approximate surface area is 200 Å². The molecule has 7 heteroatoms. The van der Waals surface area contributed by atoms with Crippen LogP contribution in [0.25, 0.3) is 11.0 Å². The SMILES string of the molecule is Cc1cc(=O)oc2c3c(cc(OCC(=O)NC[C@H]4CCCN5CCCC[C@@H]45)c12)OC(C)(C)CC3. The summed E-state index contributed by atoms with van der Waals surface area (Å²) in [6.45, 7) is 8.94. The van der Waals surface area contributed by atoms with Gasteiger partial charge in [0.05, 0.1) is 5.39 Å². The maximum atomic E-state index is 12.7. The second kappa shape index (κ2) is 9.25. The number of ether oxygens (including phenoxy) is 2. The standard InChI is InChI=1S/C27H36N2O5/c1-17-13-24(31)33-26-19-9-10-27(2,3)34-21(19)14-22(25(17)26)32-16-23(30)28-15-18-7-6-12-29-11-5-4-8-20(18)29/h13-14,18,20H,4-12,15-16H2,1-3H3,(H,28,30)/t18-,20+/m1/s1. The van der Waals surface area contributed by atoms with E-state index in [1.165, 1.54) is 51.3 Å². The van der Waals surface area contributed by atoms with E-state index in [9.17, 15) is 9.59 Å². The number of nitrogens with one attached hydrogen (secondary N) is 1. The van der Waals surface area contributed by atoms with Crippen molar-refractivity contribution in [3.05, 3.63) is 33.7 Å². The minimum Gasteiger partial charge on any atom is -0.487 e. The fraction of sp³-hybridized carbons (Fsp3) is 0.630. The van der Waals surface area contributed by atoms with Gasteiger partial charge >= 0.3 is 5.63 Å². The molecule has 0 saturated carbocycles. The lowest BCUT2D eigenvalue weighted by Gasteiger charge is -2.44. The van der Waals surface area contributed by atoms with Gasteiger partial charge in [-0.3, -0.25) is 4.79 Å². The molecule has 2 aromatic rings. The second-order valence-corrected chi connectivity index (χ2v) is 10.8. The van der Waals surface area contributed by atoms with Crippen molar-refractivity contribution in [3.63, 3.8) is 0 Å². The quantitative estimate of drug-likeness (QED) is 0.669. The number of benzene rings is 1. The molecule has 184 valence electrons. The first kappa shape index (κ1) is 23.2. The lowest BCUT2D eigenvalue weighted by Crippen LogP contribution is -2.51. The van der Waals surface area contributed by atoms with Crippen molar-refractivity contribution in [3.8, 4) is 11.5 Å². The molecule has 2 saturated heterocycles. The molecule has 2 fully saturated rings. The monoisotopic (exact) mass is 468 g/mol. The van der Waals surface area contributed by atoms with E-state index in [-0.39, 0.29) is 18.1 Å². The average Bonchev–Trinajstić information content (AvgIpc) is 2.80. The summed E-state index contributed by atoms with van der Waals surface area (Å²) in [5.41, 5.74) is 1.46. The number of piperidine rings is 2. The Hall–Kier alpha value is -2.54. The third-order valence-electron chi connectivity index (χ3n) is 7.75. The predicted molar refractivity (Wildman–Crippen MR) is 131 cm³/mol. The number of nitrogens with zero attached hydrogens (tertiary/aromatic N) is 1. The summed E-state index contributed by atoms with van der Waals surface area (Å²) in [7, 11) is 0. The minimum absolute atomic E-state index is 0.0864. The van der Waals surface area contributed by atoms with Crippen LogP contribution in [0.3, 0.4) is 0 Å². The zero-order chi connectivity index (χ0) is 23.9. The Kier molecular flexibility index (Phi) is 6.32. The maximum absolute atomic E-state index is 12.7. The lowest BCUT2D eigenvalue weighted by molar-refractivity contribution is -0.123. The van der Waals surface area contributed by atoms with Crippen molar-refractivity contribution >= 4 is 16.9 Å². The van der Waals surface area contributed by atoms with E-state index in [1.807, 2.05) is 26.8 Å². The molecule has 0 aliphatic carbocycles. The van der Waals surface area contributed by atoms with Gasteiger partial charge in [-0.25, -0.2) is 4.79 Å². The van der Waals surface area contributed by atoms with Crippen LogP contribution in [-0.4, -0.2) is 48.7 Å². The van der Waals surface area contributed by atoms with Crippen LogP contribution in [-0.2, 0) is 11.2 Å². The molecule has 0 unspecified atom stereocenters. The highest BCUT2D eigenvalue weighted by atomic mass is 16.5. The van der Waals surface area contributed by atoms with E-state index in [1.54, 1.807) is 0 Å². The van der Waals surface area contributed by atoms with Crippen LogP contribution >= 0.6 is 0 Å². The molecular formula is C27H36N2O5. The highest BCUT2D eigenvalue weighted by Gasteiger charge is 2.33. The summed E-state index contributed by atoms with van der Waals surface area (Å²) in [6, 6.07) is 3.91. The topological polar surface area (TPSA) is 81.0 Å². The average molecular weight is 469 g/mol. The van der Waals surface area contributed by atoms with Crippen molar-refractivity contribution in [2.24, 2.45) is 5.92 Å². The van der Waals surface area contributed by atoms with Gasteiger partial charge in [-0.05, 0) is 83.9 Å². The molecule has 1 aromatic heterocycles. The Bertz CT molecular complexity index is 1140. The number of fused-ring (bicyclic) bond motifs is 4. The summed E-state index contributed by atoms with van der Waals surface area (Å²) >= 11 is 0. The molecule has 0 spiro atoms. The number of carbonyl (C=O) groups is 1. The first-order valence-corrected chi connectivity index (χ1v) is 12.7. The predicted octanol–water partition coefficient (Wildman–Crippen LogP) is 3.96. The Morgan fingerprint density at radius 2 is 2.03 bits per heavy atom. The molecule has 4 heterocycles. The Morgan fingerprint density at radius 3 is 2.88 bits per heavy atom. The smallest absolute Gasteiger partial charge is 0.336 e. The largest absolute Gasteiger partial charge is 0.487 e. The molecule has 7 nitrogen and oxygen atoms in total. The Balaban J connectivity index is 1.31. The van der Waals surface area contributed by atoms with Crippen LogP contribution < -0.4 is 20.4 Å². The summed E-state index contributed by atoms with van der Waals surface area (Å²) in [5, 5.41) is 3.84. The first-order valence-electron chi connectivity index (χ1n) is 12.7. The van der Waals surface area contributed by atoms with Gasteiger partial charge in [0.25, 0.3) is 5.91 Å². The minimum atomic E-state index is -0.392. The second-order valence-electron chi connectivity index (χ2n) is 10.8. The van der Waals surface area contributed by atoms with Crippen LogP contribution in [0, 0.1) is 12.8 Å². The van der Waals surface area contributed by atoms with Crippen LogP contribution in [0.1, 0.15) is 63.5 Å². The van der Waals surface area contributed by atoms with Gasteiger partial charge in [-0.2, -0.15) is 0 Å². The molecule has 0 radical (unpaired) electrons. The van der Waals surface area contributed by atoms with Crippen LogP contribution in [0.4, 0.5) is 0 Å². The van der Waals surface area contributed by atoms with E-state index < -0.39 is 5.63 Å². The maximum Gasteiger partial charge on any atom is 0.336 e. The lowest BCUT2D eigenvalue weighted by atomic mass is 9.83. The normalized spacial score (nSPS) is 24.1. The molecule has 1 amide bonds. The molecular weight excluding hydrogens is 432 g/mol. The molecule has 1 N–H and O–H groups in total. The highest BCUT2D eigenvalue weighted by molar-refractivity contribution is 5.91. The third kappa shape index (κ3) is 4.67. The summed E-state index contributed by atoms with van der Waals surface area (Å²) in [5.74, 6) is 1.55. The van der Waals surface area contributed by atoms with Crippen molar-refractivity contribution in [1.82, 2.24) is 10.2 Å².